The minimum absolute atomic E-state index is 0.560. The van der Waals surface area contributed by atoms with Crippen LogP contribution in [0.5, 0.6) is 0 Å². The number of hydrogen-bond acceptors (Lipinski definition) is 1. The maximum absolute atomic E-state index is 3.77. The first kappa shape index (κ1) is 9.51. The Bertz CT molecular complexity index is 182. The fourth-order valence-electron chi connectivity index (χ4n) is 2.51. The summed E-state index contributed by atoms with van der Waals surface area (Å²) in [6, 6.07) is 1.70. The number of rotatable bonds is 2. The van der Waals surface area contributed by atoms with Crippen molar-refractivity contribution in [2.45, 2.75) is 65.0 Å². The summed E-state index contributed by atoms with van der Waals surface area (Å²) in [6.45, 7) is 7.27. The Morgan fingerprint density at radius 3 is 2.15 bits per heavy atom. The quantitative estimate of drug-likeness (QED) is 0.690. The molecule has 0 radical (unpaired) electrons. The molecule has 0 aromatic heterocycles. The molecule has 1 unspecified atom stereocenters. The maximum atomic E-state index is 3.77. The van der Waals surface area contributed by atoms with E-state index in [1.54, 1.807) is 0 Å². The second-order valence-electron chi connectivity index (χ2n) is 5.81. The zero-order valence-corrected chi connectivity index (χ0v) is 9.27. The van der Waals surface area contributed by atoms with E-state index in [4.69, 9.17) is 0 Å². The predicted molar refractivity (Wildman–Crippen MR) is 56.7 cm³/mol. The lowest BCUT2D eigenvalue weighted by Crippen LogP contribution is -2.41. The second-order valence-corrected chi connectivity index (χ2v) is 5.81. The van der Waals surface area contributed by atoms with Crippen LogP contribution in [0.3, 0.4) is 0 Å². The van der Waals surface area contributed by atoms with E-state index in [1.807, 2.05) is 0 Å². The molecule has 0 heterocycles. The van der Waals surface area contributed by atoms with E-state index in [1.165, 1.54) is 32.1 Å². The highest BCUT2D eigenvalue weighted by Gasteiger charge is 2.35. The van der Waals surface area contributed by atoms with Gasteiger partial charge in [-0.15, -0.1) is 0 Å². The first-order valence-corrected chi connectivity index (χ1v) is 5.84. The number of nitrogens with one attached hydrogen (secondary N) is 1. The van der Waals surface area contributed by atoms with Crippen molar-refractivity contribution in [2.75, 3.05) is 0 Å². The Hall–Kier alpha value is -0.0400. The van der Waals surface area contributed by atoms with Crippen molar-refractivity contribution in [1.29, 1.82) is 0 Å². The molecule has 0 aliphatic heterocycles. The van der Waals surface area contributed by atoms with Crippen LogP contribution in [0.15, 0.2) is 0 Å². The van der Waals surface area contributed by atoms with Gasteiger partial charge in [0.2, 0.25) is 0 Å². The molecular weight excluding hydrogens is 158 g/mol. The van der Waals surface area contributed by atoms with Gasteiger partial charge in [0, 0.05) is 12.1 Å². The zero-order valence-electron chi connectivity index (χ0n) is 9.27. The summed E-state index contributed by atoms with van der Waals surface area (Å²) in [5, 5.41) is 3.77. The Morgan fingerprint density at radius 1 is 1.00 bits per heavy atom. The van der Waals surface area contributed by atoms with Crippen LogP contribution in [-0.4, -0.2) is 12.1 Å². The van der Waals surface area contributed by atoms with E-state index in [0.29, 0.717) is 5.41 Å². The Morgan fingerprint density at radius 2 is 1.62 bits per heavy atom. The third kappa shape index (κ3) is 2.25. The third-order valence-corrected chi connectivity index (χ3v) is 4.10. The van der Waals surface area contributed by atoms with Crippen LogP contribution < -0.4 is 5.32 Å². The molecule has 0 amide bonds. The van der Waals surface area contributed by atoms with E-state index in [-0.39, 0.29) is 0 Å². The molecule has 0 saturated heterocycles. The van der Waals surface area contributed by atoms with Crippen molar-refractivity contribution in [1.82, 2.24) is 5.32 Å². The zero-order chi connectivity index (χ0) is 9.47. The van der Waals surface area contributed by atoms with E-state index >= 15 is 0 Å². The standard InChI is InChI=1S/C12H23N/c1-9-4-5-11(8-12(9,2)3)13-10-6-7-10/h9-11,13H,4-8H2,1-3H3/t9?,11-/m0/s1. The van der Waals surface area contributed by atoms with Crippen LogP contribution in [0.2, 0.25) is 0 Å². The monoisotopic (exact) mass is 181 g/mol. The van der Waals surface area contributed by atoms with Gasteiger partial charge < -0.3 is 5.32 Å². The Labute approximate surface area is 82.3 Å². The van der Waals surface area contributed by atoms with Crippen LogP contribution in [0, 0.1) is 11.3 Å². The maximum Gasteiger partial charge on any atom is 0.00749 e. The fraction of sp³-hybridized carbons (Fsp3) is 1.00. The summed E-state index contributed by atoms with van der Waals surface area (Å²) in [4.78, 5) is 0. The summed E-state index contributed by atoms with van der Waals surface area (Å²) in [5.74, 6) is 0.907. The Kier molecular flexibility index (Phi) is 2.39. The van der Waals surface area contributed by atoms with E-state index in [0.717, 1.165) is 18.0 Å². The molecule has 2 aliphatic rings. The molecule has 0 aromatic carbocycles. The first-order chi connectivity index (χ1) is 6.08. The van der Waals surface area contributed by atoms with Crippen molar-refractivity contribution < 1.29 is 0 Å². The van der Waals surface area contributed by atoms with Crippen molar-refractivity contribution in [3.63, 3.8) is 0 Å². The smallest absolute Gasteiger partial charge is 0.00749 e. The molecule has 76 valence electrons. The van der Waals surface area contributed by atoms with Gasteiger partial charge >= 0.3 is 0 Å². The highest BCUT2D eigenvalue weighted by molar-refractivity contribution is 4.92. The summed E-state index contributed by atoms with van der Waals surface area (Å²) in [5.41, 5.74) is 0.560. The molecule has 2 fully saturated rings. The van der Waals surface area contributed by atoms with Gasteiger partial charge in [0.1, 0.15) is 0 Å². The summed E-state index contributed by atoms with van der Waals surface area (Å²) in [7, 11) is 0. The van der Waals surface area contributed by atoms with E-state index < -0.39 is 0 Å². The lowest BCUT2D eigenvalue weighted by Gasteiger charge is -2.41. The normalized spacial score (nSPS) is 39.0. The molecule has 0 aromatic rings. The van der Waals surface area contributed by atoms with Gasteiger partial charge in [-0.05, 0) is 43.4 Å². The van der Waals surface area contributed by atoms with Crippen molar-refractivity contribution in [2.24, 2.45) is 11.3 Å². The summed E-state index contributed by atoms with van der Waals surface area (Å²) < 4.78 is 0. The first-order valence-electron chi connectivity index (χ1n) is 5.84. The van der Waals surface area contributed by atoms with Gasteiger partial charge in [-0.2, -0.15) is 0 Å². The Balaban J connectivity index is 1.86. The highest BCUT2D eigenvalue weighted by atomic mass is 15.0. The molecule has 1 N–H and O–H groups in total. The molecule has 1 nitrogen and oxygen atoms in total. The minimum Gasteiger partial charge on any atom is -0.311 e. The van der Waals surface area contributed by atoms with Gasteiger partial charge in [0.25, 0.3) is 0 Å². The van der Waals surface area contributed by atoms with Crippen molar-refractivity contribution in [3.05, 3.63) is 0 Å². The highest BCUT2D eigenvalue weighted by Crippen LogP contribution is 2.40. The average Bonchev–Trinajstić information content (AvgIpc) is 2.80. The van der Waals surface area contributed by atoms with E-state index in [9.17, 15) is 0 Å². The van der Waals surface area contributed by atoms with Crippen molar-refractivity contribution in [3.8, 4) is 0 Å². The molecule has 2 atom stereocenters. The molecule has 0 bridgehead atoms. The predicted octanol–water partition coefficient (Wildman–Crippen LogP) is 2.95. The van der Waals surface area contributed by atoms with Crippen LogP contribution >= 0.6 is 0 Å². The molecule has 2 aliphatic carbocycles. The van der Waals surface area contributed by atoms with E-state index in [2.05, 4.69) is 26.1 Å². The van der Waals surface area contributed by atoms with Gasteiger partial charge in [0.15, 0.2) is 0 Å². The summed E-state index contributed by atoms with van der Waals surface area (Å²) in [6.07, 6.45) is 7.04. The second kappa shape index (κ2) is 3.27. The molecule has 1 heteroatoms. The van der Waals surface area contributed by atoms with Gasteiger partial charge in [0.05, 0.1) is 0 Å². The van der Waals surface area contributed by atoms with Gasteiger partial charge in [-0.1, -0.05) is 20.8 Å². The minimum atomic E-state index is 0.560. The third-order valence-electron chi connectivity index (χ3n) is 4.10. The average molecular weight is 181 g/mol. The van der Waals surface area contributed by atoms with Crippen LogP contribution in [0.1, 0.15) is 52.9 Å². The van der Waals surface area contributed by atoms with Crippen LogP contribution in [-0.2, 0) is 0 Å². The SMILES string of the molecule is CC1CC[C@H](NC2CC2)CC1(C)C. The molecule has 0 spiro atoms. The molecular formula is C12H23N. The lowest BCUT2D eigenvalue weighted by molar-refractivity contribution is 0.123. The van der Waals surface area contributed by atoms with Gasteiger partial charge in [-0.3, -0.25) is 0 Å². The topological polar surface area (TPSA) is 12.0 Å². The molecule has 2 rings (SSSR count). The molecule has 13 heavy (non-hydrogen) atoms. The largest absolute Gasteiger partial charge is 0.311 e. The molecule has 2 saturated carbocycles. The lowest BCUT2D eigenvalue weighted by atomic mass is 9.68. The fourth-order valence-corrected chi connectivity index (χ4v) is 2.51. The van der Waals surface area contributed by atoms with Crippen molar-refractivity contribution >= 4 is 0 Å². The van der Waals surface area contributed by atoms with Gasteiger partial charge in [-0.25, -0.2) is 0 Å². The van der Waals surface area contributed by atoms with Crippen LogP contribution in [0.25, 0.3) is 0 Å². The van der Waals surface area contributed by atoms with Crippen LogP contribution in [0.4, 0.5) is 0 Å². The summed E-state index contributed by atoms with van der Waals surface area (Å²) >= 11 is 0. The number of hydrogen-bond donors (Lipinski definition) is 1.